The Morgan fingerprint density at radius 1 is 1.31 bits per heavy atom. The van der Waals surface area contributed by atoms with Crippen LogP contribution < -0.4 is 5.32 Å². The summed E-state index contributed by atoms with van der Waals surface area (Å²) >= 11 is 1.16. The Balaban J connectivity index is 1.73. The predicted octanol–water partition coefficient (Wildman–Crippen LogP) is 3.78. The van der Waals surface area contributed by atoms with E-state index in [1.54, 1.807) is 30.9 Å². The van der Waals surface area contributed by atoms with Crippen LogP contribution in [0.4, 0.5) is 14.5 Å². The number of hydrogen-bond donors (Lipinski definition) is 1. The Labute approximate surface area is 152 Å². The van der Waals surface area contributed by atoms with E-state index >= 15 is 0 Å². The van der Waals surface area contributed by atoms with Gasteiger partial charge in [-0.25, -0.2) is 8.78 Å². The molecule has 3 aromatic rings. The van der Waals surface area contributed by atoms with Gasteiger partial charge >= 0.3 is 0 Å². The van der Waals surface area contributed by atoms with Crippen molar-refractivity contribution in [3.63, 3.8) is 0 Å². The quantitative estimate of drug-likeness (QED) is 0.684. The van der Waals surface area contributed by atoms with Crippen molar-refractivity contribution < 1.29 is 18.0 Å². The van der Waals surface area contributed by atoms with Crippen molar-refractivity contribution in [2.45, 2.75) is 24.3 Å². The molecule has 1 atom stereocenters. The first-order chi connectivity index (χ1) is 12.4. The van der Waals surface area contributed by atoms with E-state index in [1.807, 2.05) is 6.92 Å². The maximum absolute atomic E-state index is 13.7. The van der Waals surface area contributed by atoms with Crippen LogP contribution in [0.5, 0.6) is 0 Å². The number of carbonyl (C=O) groups excluding carboxylic acids is 1. The van der Waals surface area contributed by atoms with Gasteiger partial charge < -0.3 is 14.3 Å². The highest BCUT2D eigenvalue weighted by molar-refractivity contribution is 8.00. The summed E-state index contributed by atoms with van der Waals surface area (Å²) in [5.74, 6) is -0.473. The molecule has 0 radical (unpaired) electrons. The molecule has 2 aromatic heterocycles. The SMILES string of the molecule is Cc1occc1-c1nnc(S[C@H](C)C(=O)Nc2cc(F)ccc2F)n1C. The zero-order valence-corrected chi connectivity index (χ0v) is 15.1. The first-order valence-electron chi connectivity index (χ1n) is 7.73. The maximum atomic E-state index is 13.7. The summed E-state index contributed by atoms with van der Waals surface area (Å²) in [6, 6.07) is 4.68. The van der Waals surface area contributed by atoms with Crippen LogP contribution in [0.15, 0.2) is 40.1 Å². The molecule has 1 aromatic carbocycles. The molecule has 0 bridgehead atoms. The van der Waals surface area contributed by atoms with Gasteiger partial charge in [0.1, 0.15) is 17.4 Å². The highest BCUT2D eigenvalue weighted by Crippen LogP contribution is 2.28. The number of nitrogens with one attached hydrogen (secondary N) is 1. The number of nitrogens with zero attached hydrogens (tertiary/aromatic N) is 3. The van der Waals surface area contributed by atoms with Crippen LogP contribution in [-0.2, 0) is 11.8 Å². The van der Waals surface area contributed by atoms with Crippen LogP contribution in [0.2, 0.25) is 0 Å². The molecule has 0 fully saturated rings. The van der Waals surface area contributed by atoms with Crippen molar-refractivity contribution in [3.8, 4) is 11.4 Å². The molecule has 1 N–H and O–H groups in total. The van der Waals surface area contributed by atoms with Gasteiger partial charge in [0.05, 0.1) is 22.8 Å². The monoisotopic (exact) mass is 378 g/mol. The normalized spacial score (nSPS) is 12.2. The van der Waals surface area contributed by atoms with Crippen LogP contribution >= 0.6 is 11.8 Å². The molecule has 0 aliphatic rings. The fourth-order valence-electron chi connectivity index (χ4n) is 2.31. The standard InChI is InChI=1S/C17H16F2N4O2S/c1-9-12(6-7-25-9)15-21-22-17(23(15)3)26-10(2)16(24)20-14-8-11(18)4-5-13(14)19/h4-8,10H,1-3H3,(H,20,24)/t10-/m1/s1. The van der Waals surface area contributed by atoms with Gasteiger partial charge in [0.15, 0.2) is 11.0 Å². The Morgan fingerprint density at radius 3 is 2.77 bits per heavy atom. The van der Waals surface area contributed by atoms with E-state index in [1.165, 1.54) is 0 Å². The molecule has 3 rings (SSSR count). The summed E-state index contributed by atoms with van der Waals surface area (Å²) in [5, 5.41) is 10.5. The van der Waals surface area contributed by atoms with E-state index in [9.17, 15) is 13.6 Å². The molecule has 0 saturated heterocycles. The first kappa shape index (κ1) is 18.1. The van der Waals surface area contributed by atoms with Gasteiger partial charge in [-0.05, 0) is 32.0 Å². The molecule has 0 aliphatic heterocycles. The van der Waals surface area contributed by atoms with E-state index in [0.717, 1.165) is 35.5 Å². The Morgan fingerprint density at radius 2 is 2.08 bits per heavy atom. The van der Waals surface area contributed by atoms with E-state index in [2.05, 4.69) is 15.5 Å². The first-order valence-corrected chi connectivity index (χ1v) is 8.61. The van der Waals surface area contributed by atoms with Crippen LogP contribution in [-0.4, -0.2) is 25.9 Å². The van der Waals surface area contributed by atoms with Gasteiger partial charge in [-0.2, -0.15) is 0 Å². The zero-order chi connectivity index (χ0) is 18.8. The van der Waals surface area contributed by atoms with Crippen LogP contribution in [0.3, 0.4) is 0 Å². The van der Waals surface area contributed by atoms with Gasteiger partial charge in [-0.3, -0.25) is 4.79 Å². The number of benzene rings is 1. The predicted molar refractivity (Wildman–Crippen MR) is 93.7 cm³/mol. The number of furan rings is 1. The number of hydrogen-bond acceptors (Lipinski definition) is 5. The number of halogens is 2. The van der Waals surface area contributed by atoms with Crippen LogP contribution in [0.25, 0.3) is 11.4 Å². The third-order valence-electron chi connectivity index (χ3n) is 3.77. The molecule has 0 saturated carbocycles. The van der Waals surface area contributed by atoms with Crippen molar-refractivity contribution >= 4 is 23.4 Å². The number of rotatable bonds is 5. The van der Waals surface area contributed by atoms with E-state index in [0.29, 0.717) is 16.7 Å². The topological polar surface area (TPSA) is 72.9 Å². The molecule has 1 amide bonds. The van der Waals surface area contributed by atoms with Gasteiger partial charge in [-0.1, -0.05) is 11.8 Å². The Hall–Kier alpha value is -2.68. The largest absolute Gasteiger partial charge is 0.469 e. The smallest absolute Gasteiger partial charge is 0.237 e. The second kappa shape index (κ2) is 7.28. The summed E-state index contributed by atoms with van der Waals surface area (Å²) < 4.78 is 33.9. The summed E-state index contributed by atoms with van der Waals surface area (Å²) in [6.45, 7) is 3.47. The van der Waals surface area contributed by atoms with Gasteiger partial charge in [0, 0.05) is 13.1 Å². The zero-order valence-electron chi connectivity index (χ0n) is 14.3. The lowest BCUT2D eigenvalue weighted by molar-refractivity contribution is -0.115. The van der Waals surface area contributed by atoms with Crippen molar-refractivity contribution in [2.24, 2.45) is 7.05 Å². The number of aromatic nitrogens is 3. The highest BCUT2D eigenvalue weighted by atomic mass is 32.2. The fourth-order valence-corrected chi connectivity index (χ4v) is 3.12. The summed E-state index contributed by atoms with van der Waals surface area (Å²) in [7, 11) is 1.78. The lowest BCUT2D eigenvalue weighted by Gasteiger charge is -2.12. The van der Waals surface area contributed by atoms with E-state index in [4.69, 9.17) is 4.42 Å². The number of anilines is 1. The minimum Gasteiger partial charge on any atom is -0.469 e. The van der Waals surface area contributed by atoms with E-state index < -0.39 is 22.8 Å². The number of amides is 1. The Bertz CT molecular complexity index is 954. The number of aryl methyl sites for hydroxylation is 1. The molecule has 2 heterocycles. The second-order valence-electron chi connectivity index (χ2n) is 5.63. The Kier molecular flexibility index (Phi) is 5.08. The molecule has 0 aliphatic carbocycles. The molecule has 6 nitrogen and oxygen atoms in total. The average molecular weight is 378 g/mol. The number of thioether (sulfide) groups is 1. The summed E-state index contributed by atoms with van der Waals surface area (Å²) in [5.41, 5.74) is 0.612. The second-order valence-corrected chi connectivity index (χ2v) is 6.94. The average Bonchev–Trinajstić information content (AvgIpc) is 3.17. The van der Waals surface area contributed by atoms with Crippen molar-refractivity contribution in [1.82, 2.24) is 14.8 Å². The molecular formula is C17H16F2N4O2S. The van der Waals surface area contributed by atoms with Crippen molar-refractivity contribution in [2.75, 3.05) is 5.32 Å². The maximum Gasteiger partial charge on any atom is 0.237 e. The third kappa shape index (κ3) is 3.62. The minimum absolute atomic E-state index is 0.199. The van der Waals surface area contributed by atoms with Crippen LogP contribution in [0.1, 0.15) is 12.7 Å². The molecule has 26 heavy (non-hydrogen) atoms. The molecule has 0 spiro atoms. The third-order valence-corrected chi connectivity index (χ3v) is 4.91. The lowest BCUT2D eigenvalue weighted by atomic mass is 10.2. The summed E-state index contributed by atoms with van der Waals surface area (Å²) in [6.07, 6.45) is 1.57. The lowest BCUT2D eigenvalue weighted by Crippen LogP contribution is -2.23. The van der Waals surface area contributed by atoms with Crippen molar-refractivity contribution in [1.29, 1.82) is 0 Å². The number of carbonyl (C=O) groups is 1. The summed E-state index contributed by atoms with van der Waals surface area (Å²) in [4.78, 5) is 12.3. The van der Waals surface area contributed by atoms with Gasteiger partial charge in [-0.15, -0.1) is 10.2 Å². The van der Waals surface area contributed by atoms with Crippen LogP contribution in [0, 0.1) is 18.6 Å². The minimum atomic E-state index is -0.701. The van der Waals surface area contributed by atoms with E-state index in [-0.39, 0.29) is 5.69 Å². The molecular weight excluding hydrogens is 362 g/mol. The molecule has 136 valence electrons. The molecule has 0 unspecified atom stereocenters. The van der Waals surface area contributed by atoms with Crippen molar-refractivity contribution in [3.05, 3.63) is 47.9 Å². The van der Waals surface area contributed by atoms with Gasteiger partial charge in [0.2, 0.25) is 5.91 Å². The van der Waals surface area contributed by atoms with Gasteiger partial charge in [0.25, 0.3) is 0 Å². The fraction of sp³-hybridized carbons (Fsp3) is 0.235. The molecule has 9 heteroatoms. The highest BCUT2D eigenvalue weighted by Gasteiger charge is 2.21.